The summed E-state index contributed by atoms with van der Waals surface area (Å²) in [4.78, 5) is 0.101. The Morgan fingerprint density at radius 2 is 1.68 bits per heavy atom. The Labute approximate surface area is 115 Å². The van der Waals surface area contributed by atoms with Crippen LogP contribution in [0.4, 0.5) is 5.69 Å². The van der Waals surface area contributed by atoms with E-state index in [-0.39, 0.29) is 4.90 Å². The fourth-order valence-electron chi connectivity index (χ4n) is 1.68. The highest BCUT2D eigenvalue weighted by molar-refractivity contribution is 7.89. The van der Waals surface area contributed by atoms with Crippen LogP contribution in [0.25, 0.3) is 0 Å². The first-order valence-electron chi connectivity index (χ1n) is 6.41. The van der Waals surface area contributed by atoms with E-state index in [1.54, 1.807) is 12.1 Å². The average Bonchev–Trinajstić information content (AvgIpc) is 2.36. The molecule has 19 heavy (non-hydrogen) atoms. The molecule has 6 heteroatoms. The van der Waals surface area contributed by atoms with E-state index in [4.69, 9.17) is 5.14 Å². The van der Waals surface area contributed by atoms with Gasteiger partial charge in [0.2, 0.25) is 10.0 Å². The Morgan fingerprint density at radius 1 is 1.16 bits per heavy atom. The summed E-state index contributed by atoms with van der Waals surface area (Å²) in [5, 5.41) is 9.38. The highest BCUT2D eigenvalue weighted by Gasteiger charge is 2.06. The monoisotopic (exact) mass is 283 g/mol. The third-order valence-electron chi connectivity index (χ3n) is 2.60. The van der Waals surface area contributed by atoms with Gasteiger partial charge in [0.25, 0.3) is 0 Å². The molecule has 0 radical (unpaired) electrons. The highest BCUT2D eigenvalue weighted by Crippen LogP contribution is 2.13. The maximum absolute atomic E-state index is 11.1. The van der Waals surface area contributed by atoms with E-state index >= 15 is 0 Å². The predicted molar refractivity (Wildman–Crippen MR) is 78.7 cm³/mol. The van der Waals surface area contributed by atoms with E-state index in [9.17, 15) is 8.42 Å². The summed E-state index contributed by atoms with van der Waals surface area (Å²) >= 11 is 0. The van der Waals surface area contributed by atoms with Gasteiger partial charge >= 0.3 is 0 Å². The molecule has 0 bridgehead atoms. The van der Waals surface area contributed by atoms with Crippen molar-refractivity contribution in [2.75, 3.05) is 5.43 Å². The topological polar surface area (TPSA) is 84.5 Å². The number of hydrogen-bond donors (Lipinski definition) is 2. The zero-order valence-electron chi connectivity index (χ0n) is 11.4. The van der Waals surface area contributed by atoms with Gasteiger partial charge in [-0.2, -0.15) is 5.10 Å². The summed E-state index contributed by atoms with van der Waals surface area (Å²) in [6, 6.07) is 6.23. The van der Waals surface area contributed by atoms with Crippen molar-refractivity contribution in [3.05, 3.63) is 24.3 Å². The van der Waals surface area contributed by atoms with Gasteiger partial charge in [-0.25, -0.2) is 13.6 Å². The molecular formula is C13H21N3O2S. The van der Waals surface area contributed by atoms with Gasteiger partial charge in [0.1, 0.15) is 0 Å². The van der Waals surface area contributed by atoms with Crippen LogP contribution in [0, 0.1) is 0 Å². The minimum absolute atomic E-state index is 0.101. The molecule has 5 nitrogen and oxygen atoms in total. The van der Waals surface area contributed by atoms with Crippen LogP contribution in [-0.4, -0.2) is 14.1 Å². The smallest absolute Gasteiger partial charge is 0.238 e. The minimum atomic E-state index is -3.63. The molecular weight excluding hydrogens is 262 g/mol. The Kier molecular flexibility index (Phi) is 5.98. The number of nitrogens with one attached hydrogen (secondary N) is 1. The van der Waals surface area contributed by atoms with Gasteiger partial charge in [0.15, 0.2) is 0 Å². The van der Waals surface area contributed by atoms with Crippen molar-refractivity contribution in [2.24, 2.45) is 10.2 Å². The molecule has 106 valence electrons. The minimum Gasteiger partial charge on any atom is -0.279 e. The van der Waals surface area contributed by atoms with Crippen molar-refractivity contribution in [3.8, 4) is 0 Å². The number of sulfonamides is 1. The molecule has 0 amide bonds. The number of hydrogen-bond acceptors (Lipinski definition) is 4. The van der Waals surface area contributed by atoms with Crippen molar-refractivity contribution in [1.82, 2.24) is 0 Å². The predicted octanol–water partition coefficient (Wildman–Crippen LogP) is 2.70. The number of anilines is 1. The molecule has 0 fully saturated rings. The first-order valence-corrected chi connectivity index (χ1v) is 7.96. The van der Waals surface area contributed by atoms with Gasteiger partial charge in [-0.15, -0.1) is 0 Å². The molecule has 0 atom stereocenters. The van der Waals surface area contributed by atoms with Crippen LogP contribution < -0.4 is 10.6 Å². The van der Waals surface area contributed by atoms with Crippen molar-refractivity contribution in [2.45, 2.75) is 44.4 Å². The second-order valence-corrected chi connectivity index (χ2v) is 5.92. The summed E-state index contributed by atoms with van der Waals surface area (Å²) in [5.41, 5.74) is 4.82. The molecule has 0 saturated carbocycles. The molecule has 1 rings (SSSR count). The van der Waals surface area contributed by atoms with Crippen molar-refractivity contribution in [1.29, 1.82) is 0 Å². The second kappa shape index (κ2) is 7.25. The molecule has 0 heterocycles. The Hall–Kier alpha value is -1.40. The van der Waals surface area contributed by atoms with E-state index in [1.807, 2.05) is 0 Å². The first-order chi connectivity index (χ1) is 8.97. The molecule has 0 spiro atoms. The lowest BCUT2D eigenvalue weighted by Gasteiger charge is -2.06. The Bertz CT molecular complexity index is 513. The van der Waals surface area contributed by atoms with Gasteiger partial charge in [0, 0.05) is 5.71 Å². The Morgan fingerprint density at radius 3 is 2.11 bits per heavy atom. The summed E-state index contributed by atoms with van der Waals surface area (Å²) in [7, 11) is -3.63. The van der Waals surface area contributed by atoms with Gasteiger partial charge < -0.3 is 0 Å². The number of nitrogens with zero attached hydrogens (tertiary/aromatic N) is 1. The summed E-state index contributed by atoms with van der Waals surface area (Å²) < 4.78 is 22.2. The number of benzene rings is 1. The fraction of sp³-hybridized carbons (Fsp3) is 0.462. The molecule has 0 aromatic heterocycles. The molecule has 3 N–H and O–H groups in total. The molecule has 0 aliphatic rings. The SMILES string of the molecule is CCCC(CCC)=NNc1ccc(S(N)(=O)=O)cc1. The standard InChI is InChI=1S/C13H21N3O2S/c1-3-5-11(6-4-2)15-16-12-7-9-13(10-8-12)19(14,17)18/h7-10,16H,3-6H2,1-2H3,(H2,14,17,18). The van der Waals surface area contributed by atoms with Crippen LogP contribution in [0.1, 0.15) is 39.5 Å². The van der Waals surface area contributed by atoms with Crippen LogP contribution in [0.5, 0.6) is 0 Å². The second-order valence-electron chi connectivity index (χ2n) is 4.36. The average molecular weight is 283 g/mol. The van der Waals surface area contributed by atoms with E-state index in [0.29, 0.717) is 0 Å². The number of primary sulfonamides is 1. The molecule has 0 saturated heterocycles. The quantitative estimate of drug-likeness (QED) is 0.596. The van der Waals surface area contributed by atoms with E-state index in [0.717, 1.165) is 37.1 Å². The molecule has 0 unspecified atom stereocenters. The van der Waals surface area contributed by atoms with Gasteiger partial charge in [-0.1, -0.05) is 26.7 Å². The third-order valence-corrected chi connectivity index (χ3v) is 3.53. The normalized spacial score (nSPS) is 11.1. The fourth-order valence-corrected chi connectivity index (χ4v) is 2.19. The largest absolute Gasteiger partial charge is 0.279 e. The van der Waals surface area contributed by atoms with E-state index < -0.39 is 10.0 Å². The summed E-state index contributed by atoms with van der Waals surface area (Å²) in [5.74, 6) is 0. The maximum Gasteiger partial charge on any atom is 0.238 e. The lowest BCUT2D eigenvalue weighted by molar-refractivity contribution is 0.598. The summed E-state index contributed by atoms with van der Waals surface area (Å²) in [6.07, 6.45) is 4.06. The number of nitrogens with two attached hydrogens (primary N) is 1. The number of rotatable bonds is 7. The molecule has 1 aromatic carbocycles. The summed E-state index contributed by atoms with van der Waals surface area (Å²) in [6.45, 7) is 4.23. The molecule has 0 aliphatic carbocycles. The van der Waals surface area contributed by atoms with E-state index in [1.165, 1.54) is 12.1 Å². The van der Waals surface area contributed by atoms with Crippen LogP contribution in [-0.2, 0) is 10.0 Å². The van der Waals surface area contributed by atoms with Crippen LogP contribution in [0.15, 0.2) is 34.3 Å². The van der Waals surface area contributed by atoms with Crippen molar-refractivity contribution in [3.63, 3.8) is 0 Å². The molecule has 0 aliphatic heterocycles. The van der Waals surface area contributed by atoms with Crippen LogP contribution in [0.2, 0.25) is 0 Å². The molecule has 1 aromatic rings. The zero-order valence-corrected chi connectivity index (χ0v) is 12.2. The lowest BCUT2D eigenvalue weighted by atomic mass is 10.1. The van der Waals surface area contributed by atoms with Crippen LogP contribution in [0.3, 0.4) is 0 Å². The Balaban J connectivity index is 2.74. The highest BCUT2D eigenvalue weighted by atomic mass is 32.2. The van der Waals surface area contributed by atoms with Gasteiger partial charge in [0.05, 0.1) is 10.6 Å². The van der Waals surface area contributed by atoms with Crippen LogP contribution >= 0.6 is 0 Å². The zero-order chi connectivity index (χ0) is 14.3. The van der Waals surface area contributed by atoms with E-state index in [2.05, 4.69) is 24.4 Å². The maximum atomic E-state index is 11.1. The lowest BCUT2D eigenvalue weighted by Crippen LogP contribution is -2.11. The van der Waals surface area contributed by atoms with Crippen molar-refractivity contribution < 1.29 is 8.42 Å². The van der Waals surface area contributed by atoms with Crippen molar-refractivity contribution >= 4 is 21.4 Å². The van der Waals surface area contributed by atoms with Gasteiger partial charge in [-0.3, -0.25) is 5.43 Å². The first kappa shape index (κ1) is 15.7. The number of hydrazone groups is 1. The third kappa shape index (κ3) is 5.40. The van der Waals surface area contributed by atoms with Gasteiger partial charge in [-0.05, 0) is 37.1 Å².